The maximum atomic E-state index is 12.2. The van der Waals surface area contributed by atoms with Crippen LogP contribution in [-0.4, -0.2) is 26.9 Å². The Kier molecular flexibility index (Phi) is 5.77. The lowest BCUT2D eigenvalue weighted by Crippen LogP contribution is -2.15. The van der Waals surface area contributed by atoms with E-state index >= 15 is 0 Å². The Hall–Kier alpha value is -3.26. The number of aryl methyl sites for hydroxylation is 1. The summed E-state index contributed by atoms with van der Waals surface area (Å²) in [5.41, 5.74) is 1.67. The summed E-state index contributed by atoms with van der Waals surface area (Å²) in [7, 11) is 0. The predicted octanol–water partition coefficient (Wildman–Crippen LogP) is 3.31. The molecule has 0 atom stereocenters. The van der Waals surface area contributed by atoms with Crippen molar-refractivity contribution in [3.8, 4) is 11.4 Å². The van der Waals surface area contributed by atoms with Crippen LogP contribution in [-0.2, 0) is 16.0 Å². The van der Waals surface area contributed by atoms with Crippen LogP contribution in [0, 0.1) is 0 Å². The molecule has 9 heteroatoms. The van der Waals surface area contributed by atoms with Gasteiger partial charge in [-0.3, -0.25) is 14.6 Å². The zero-order valence-electron chi connectivity index (χ0n) is 14.4. The molecule has 0 aliphatic rings. The first-order valence-electron chi connectivity index (χ1n) is 8.11. The maximum absolute atomic E-state index is 12.2. The number of benzene rings is 1. The Balaban J connectivity index is 1.61. The molecule has 0 fully saturated rings. The number of aromatic nitrogens is 3. The van der Waals surface area contributed by atoms with Crippen molar-refractivity contribution in [2.75, 3.05) is 10.6 Å². The number of hydrogen-bond acceptors (Lipinski definition) is 6. The van der Waals surface area contributed by atoms with Gasteiger partial charge in [0.1, 0.15) is 0 Å². The van der Waals surface area contributed by atoms with Gasteiger partial charge in [0.2, 0.25) is 23.5 Å². The Morgan fingerprint density at radius 3 is 2.63 bits per heavy atom. The molecule has 2 amide bonds. The maximum Gasteiger partial charge on any atom is 0.227 e. The van der Waals surface area contributed by atoms with E-state index in [2.05, 4.69) is 25.8 Å². The van der Waals surface area contributed by atoms with Crippen molar-refractivity contribution in [2.45, 2.75) is 19.8 Å². The van der Waals surface area contributed by atoms with Gasteiger partial charge in [0.05, 0.1) is 11.4 Å². The van der Waals surface area contributed by atoms with Crippen molar-refractivity contribution >= 4 is 34.8 Å². The second kappa shape index (κ2) is 8.41. The number of halogens is 1. The Morgan fingerprint density at radius 2 is 1.89 bits per heavy atom. The minimum atomic E-state index is -0.271. The molecule has 2 heterocycles. The average Bonchev–Trinajstić information content (AvgIpc) is 3.12. The Bertz CT molecular complexity index is 959. The van der Waals surface area contributed by atoms with Crippen molar-refractivity contribution in [1.29, 1.82) is 0 Å². The largest absolute Gasteiger partial charge is 0.339 e. The highest BCUT2D eigenvalue weighted by Gasteiger charge is 2.13. The Morgan fingerprint density at radius 1 is 1.11 bits per heavy atom. The second-order valence-electron chi connectivity index (χ2n) is 5.67. The van der Waals surface area contributed by atoms with Crippen molar-refractivity contribution < 1.29 is 14.1 Å². The van der Waals surface area contributed by atoms with Gasteiger partial charge < -0.3 is 15.2 Å². The van der Waals surface area contributed by atoms with E-state index in [-0.39, 0.29) is 24.7 Å². The molecule has 0 unspecified atom stereocenters. The summed E-state index contributed by atoms with van der Waals surface area (Å²) in [4.78, 5) is 31.7. The lowest BCUT2D eigenvalue weighted by atomic mass is 10.2. The molecule has 27 heavy (non-hydrogen) atoms. The van der Waals surface area contributed by atoms with Crippen molar-refractivity contribution in [3.05, 3.63) is 53.6 Å². The quantitative estimate of drug-likeness (QED) is 0.673. The number of carbonyl (C=O) groups excluding carboxylic acids is 2. The topological polar surface area (TPSA) is 110 Å². The predicted molar refractivity (Wildman–Crippen MR) is 100 cm³/mol. The normalized spacial score (nSPS) is 10.4. The van der Waals surface area contributed by atoms with Crippen LogP contribution in [0.25, 0.3) is 11.4 Å². The van der Waals surface area contributed by atoms with E-state index < -0.39 is 0 Å². The van der Waals surface area contributed by atoms with Gasteiger partial charge in [-0.2, -0.15) is 4.98 Å². The van der Waals surface area contributed by atoms with E-state index in [0.717, 1.165) is 5.56 Å². The van der Waals surface area contributed by atoms with Crippen molar-refractivity contribution in [2.24, 2.45) is 0 Å². The smallest absolute Gasteiger partial charge is 0.227 e. The van der Waals surface area contributed by atoms with Gasteiger partial charge in [0, 0.05) is 42.7 Å². The van der Waals surface area contributed by atoms with Crippen LogP contribution in [0.5, 0.6) is 0 Å². The summed E-state index contributed by atoms with van der Waals surface area (Å²) in [6.45, 7) is 1.39. The highest BCUT2D eigenvalue weighted by molar-refractivity contribution is 6.31. The number of nitrogens with zero attached hydrogens (tertiary/aromatic N) is 3. The summed E-state index contributed by atoms with van der Waals surface area (Å²) in [6.07, 6.45) is 3.68. The third kappa shape index (κ3) is 5.11. The number of pyridine rings is 1. The standard InChI is InChI=1S/C18H16ClN5O3/c1-11(25)21-14-3-2-13(19)10-15(14)22-16(26)4-5-17-23-18(24-27-17)12-6-8-20-9-7-12/h2-3,6-10H,4-5H2,1H3,(H,21,25)(H,22,26). The van der Waals surface area contributed by atoms with Gasteiger partial charge in [-0.25, -0.2) is 0 Å². The van der Waals surface area contributed by atoms with Gasteiger partial charge in [-0.15, -0.1) is 0 Å². The van der Waals surface area contributed by atoms with Crippen molar-refractivity contribution in [1.82, 2.24) is 15.1 Å². The molecular formula is C18H16ClN5O3. The number of carbonyl (C=O) groups is 2. The van der Waals surface area contributed by atoms with Gasteiger partial charge in [0.15, 0.2) is 0 Å². The molecule has 3 rings (SSSR count). The molecule has 0 spiro atoms. The van der Waals surface area contributed by atoms with Crippen LogP contribution in [0.2, 0.25) is 5.02 Å². The monoisotopic (exact) mass is 385 g/mol. The lowest BCUT2D eigenvalue weighted by Gasteiger charge is -2.11. The van der Waals surface area contributed by atoms with Gasteiger partial charge in [0.25, 0.3) is 0 Å². The molecule has 3 aromatic rings. The fourth-order valence-corrected chi connectivity index (χ4v) is 2.50. The van der Waals surface area contributed by atoms with E-state index in [0.29, 0.717) is 28.1 Å². The third-order valence-corrected chi connectivity index (χ3v) is 3.77. The molecule has 2 N–H and O–H groups in total. The summed E-state index contributed by atoms with van der Waals surface area (Å²) < 4.78 is 5.18. The van der Waals surface area contributed by atoms with Crippen LogP contribution in [0.4, 0.5) is 11.4 Å². The van der Waals surface area contributed by atoms with Gasteiger partial charge >= 0.3 is 0 Å². The van der Waals surface area contributed by atoms with Crippen LogP contribution >= 0.6 is 11.6 Å². The summed E-state index contributed by atoms with van der Waals surface area (Å²) in [5.74, 6) is 0.274. The zero-order valence-corrected chi connectivity index (χ0v) is 15.2. The first kappa shape index (κ1) is 18.5. The molecule has 0 radical (unpaired) electrons. The van der Waals surface area contributed by atoms with E-state index in [4.69, 9.17) is 16.1 Å². The number of hydrogen-bond donors (Lipinski definition) is 2. The number of rotatable bonds is 6. The van der Waals surface area contributed by atoms with Crippen LogP contribution in [0.1, 0.15) is 19.2 Å². The lowest BCUT2D eigenvalue weighted by molar-refractivity contribution is -0.116. The summed E-state index contributed by atoms with van der Waals surface area (Å²) in [5, 5.41) is 9.71. The molecule has 0 saturated carbocycles. The number of anilines is 2. The SMILES string of the molecule is CC(=O)Nc1ccc(Cl)cc1NC(=O)CCc1nc(-c2ccncc2)no1. The minimum absolute atomic E-state index is 0.129. The average molecular weight is 386 g/mol. The molecule has 138 valence electrons. The zero-order chi connectivity index (χ0) is 19.2. The molecule has 2 aromatic heterocycles. The fourth-order valence-electron chi connectivity index (χ4n) is 2.33. The van der Waals surface area contributed by atoms with E-state index in [1.165, 1.54) is 6.92 Å². The third-order valence-electron chi connectivity index (χ3n) is 3.54. The number of amides is 2. The second-order valence-corrected chi connectivity index (χ2v) is 6.10. The molecule has 0 aliphatic heterocycles. The van der Waals surface area contributed by atoms with Crippen molar-refractivity contribution in [3.63, 3.8) is 0 Å². The molecule has 8 nitrogen and oxygen atoms in total. The summed E-state index contributed by atoms with van der Waals surface area (Å²) >= 11 is 5.97. The molecule has 0 bridgehead atoms. The highest BCUT2D eigenvalue weighted by atomic mass is 35.5. The number of nitrogens with one attached hydrogen (secondary N) is 2. The van der Waals surface area contributed by atoms with Gasteiger partial charge in [-0.05, 0) is 30.3 Å². The first-order valence-corrected chi connectivity index (χ1v) is 8.49. The fraction of sp³-hybridized carbons (Fsp3) is 0.167. The minimum Gasteiger partial charge on any atom is -0.339 e. The van der Waals surface area contributed by atoms with Crippen LogP contribution in [0.3, 0.4) is 0 Å². The van der Waals surface area contributed by atoms with E-state index in [9.17, 15) is 9.59 Å². The Labute approximate surface area is 160 Å². The summed E-state index contributed by atoms with van der Waals surface area (Å²) in [6, 6.07) is 8.35. The van der Waals surface area contributed by atoms with E-state index in [1.54, 1.807) is 42.7 Å². The van der Waals surface area contributed by atoms with Crippen LogP contribution < -0.4 is 10.6 Å². The van der Waals surface area contributed by atoms with Gasteiger partial charge in [-0.1, -0.05) is 16.8 Å². The molecule has 1 aromatic carbocycles. The molecule has 0 saturated heterocycles. The molecular weight excluding hydrogens is 370 g/mol. The highest BCUT2D eigenvalue weighted by Crippen LogP contribution is 2.26. The van der Waals surface area contributed by atoms with Crippen LogP contribution in [0.15, 0.2) is 47.2 Å². The van der Waals surface area contributed by atoms with E-state index in [1.807, 2.05) is 0 Å². The molecule has 0 aliphatic carbocycles. The first-order chi connectivity index (χ1) is 13.0.